The average molecular weight is 256 g/mol. The second kappa shape index (κ2) is 6.99. The first kappa shape index (κ1) is 14.5. The largest absolute Gasteiger partial charge is 0.271 e. The Labute approximate surface area is 107 Å². The highest BCUT2D eigenvalue weighted by atomic mass is 32.2. The molecule has 1 aromatic rings. The first-order valence-electron chi connectivity index (χ1n) is 5.92. The monoisotopic (exact) mass is 256 g/mol. The third-order valence-corrected chi connectivity index (χ3v) is 4.34. The zero-order valence-corrected chi connectivity index (χ0v) is 11.5. The van der Waals surface area contributed by atoms with Crippen molar-refractivity contribution >= 4 is 11.8 Å². The minimum atomic E-state index is -0.167. The number of hydrogen-bond acceptors (Lipinski definition) is 3. The molecule has 2 unspecified atom stereocenters. The molecule has 1 aromatic carbocycles. The van der Waals surface area contributed by atoms with Crippen molar-refractivity contribution in [1.82, 2.24) is 5.43 Å². The molecule has 17 heavy (non-hydrogen) atoms. The summed E-state index contributed by atoms with van der Waals surface area (Å²) in [4.78, 5) is 0. The Kier molecular flexibility index (Phi) is 5.95. The van der Waals surface area contributed by atoms with Crippen molar-refractivity contribution in [1.29, 1.82) is 0 Å². The number of halogens is 1. The molecular formula is C13H21FN2S. The first-order valence-corrected chi connectivity index (χ1v) is 6.97. The SMILES string of the molecule is CCC(C)SCC(NN)c1ccc(F)c(C)c1. The molecule has 2 atom stereocenters. The predicted octanol–water partition coefficient (Wildman–Crippen LogP) is 3.17. The fourth-order valence-corrected chi connectivity index (χ4v) is 2.55. The first-order chi connectivity index (χ1) is 8.08. The summed E-state index contributed by atoms with van der Waals surface area (Å²) < 4.78 is 13.2. The maximum absolute atomic E-state index is 13.2. The lowest BCUT2D eigenvalue weighted by atomic mass is 10.1. The molecule has 0 spiro atoms. The number of aryl methyl sites for hydroxylation is 1. The van der Waals surface area contributed by atoms with Gasteiger partial charge in [-0.05, 0) is 30.5 Å². The minimum absolute atomic E-state index is 0.0771. The van der Waals surface area contributed by atoms with E-state index in [2.05, 4.69) is 19.3 Å². The zero-order valence-electron chi connectivity index (χ0n) is 10.7. The van der Waals surface area contributed by atoms with E-state index < -0.39 is 0 Å². The van der Waals surface area contributed by atoms with Crippen LogP contribution in [0.15, 0.2) is 18.2 Å². The van der Waals surface area contributed by atoms with Crippen molar-refractivity contribution in [2.24, 2.45) is 5.84 Å². The van der Waals surface area contributed by atoms with E-state index in [1.807, 2.05) is 17.8 Å². The quantitative estimate of drug-likeness (QED) is 0.606. The van der Waals surface area contributed by atoms with Crippen molar-refractivity contribution < 1.29 is 4.39 Å². The van der Waals surface area contributed by atoms with Gasteiger partial charge in [0.1, 0.15) is 5.82 Å². The highest BCUT2D eigenvalue weighted by molar-refractivity contribution is 7.99. The number of nitrogens with one attached hydrogen (secondary N) is 1. The molecule has 96 valence electrons. The van der Waals surface area contributed by atoms with E-state index in [0.29, 0.717) is 10.8 Å². The third kappa shape index (κ3) is 4.30. The molecule has 0 fully saturated rings. The number of nitrogens with two attached hydrogens (primary N) is 1. The summed E-state index contributed by atoms with van der Waals surface area (Å²) >= 11 is 1.88. The van der Waals surface area contributed by atoms with Crippen LogP contribution >= 0.6 is 11.8 Å². The van der Waals surface area contributed by atoms with Crippen LogP contribution in [0.2, 0.25) is 0 Å². The number of hydrogen-bond donors (Lipinski definition) is 2. The van der Waals surface area contributed by atoms with E-state index in [-0.39, 0.29) is 11.9 Å². The van der Waals surface area contributed by atoms with Crippen LogP contribution in [-0.2, 0) is 0 Å². The second-order valence-electron chi connectivity index (χ2n) is 4.28. The molecule has 2 nitrogen and oxygen atoms in total. The van der Waals surface area contributed by atoms with Crippen LogP contribution in [0.25, 0.3) is 0 Å². The predicted molar refractivity (Wildman–Crippen MR) is 73.4 cm³/mol. The lowest BCUT2D eigenvalue weighted by molar-refractivity contribution is 0.596. The van der Waals surface area contributed by atoms with Gasteiger partial charge in [-0.15, -0.1) is 0 Å². The third-order valence-electron chi connectivity index (χ3n) is 2.91. The Bertz CT molecular complexity index is 357. The van der Waals surface area contributed by atoms with Gasteiger partial charge in [0, 0.05) is 11.0 Å². The van der Waals surface area contributed by atoms with Crippen LogP contribution in [-0.4, -0.2) is 11.0 Å². The van der Waals surface area contributed by atoms with Gasteiger partial charge in [0.15, 0.2) is 0 Å². The van der Waals surface area contributed by atoms with Gasteiger partial charge in [-0.25, -0.2) is 4.39 Å². The summed E-state index contributed by atoms with van der Waals surface area (Å²) in [6.45, 7) is 6.15. The molecule has 0 saturated carbocycles. The van der Waals surface area contributed by atoms with Gasteiger partial charge < -0.3 is 0 Å². The maximum atomic E-state index is 13.2. The van der Waals surface area contributed by atoms with E-state index in [9.17, 15) is 4.39 Å². The van der Waals surface area contributed by atoms with Crippen molar-refractivity contribution in [3.05, 3.63) is 35.1 Å². The minimum Gasteiger partial charge on any atom is -0.271 e. The lowest BCUT2D eigenvalue weighted by Gasteiger charge is -2.18. The number of rotatable bonds is 6. The van der Waals surface area contributed by atoms with Crippen LogP contribution < -0.4 is 11.3 Å². The molecule has 1 rings (SSSR count). The van der Waals surface area contributed by atoms with Crippen LogP contribution in [0, 0.1) is 12.7 Å². The van der Waals surface area contributed by atoms with E-state index in [0.717, 1.165) is 17.7 Å². The maximum Gasteiger partial charge on any atom is 0.126 e. The van der Waals surface area contributed by atoms with Gasteiger partial charge in [-0.3, -0.25) is 11.3 Å². The van der Waals surface area contributed by atoms with Crippen LogP contribution in [0.5, 0.6) is 0 Å². The summed E-state index contributed by atoms with van der Waals surface area (Å²) in [5, 5.41) is 0.618. The molecule has 3 N–H and O–H groups in total. The zero-order chi connectivity index (χ0) is 12.8. The smallest absolute Gasteiger partial charge is 0.126 e. The molecule has 0 aliphatic carbocycles. The Morgan fingerprint density at radius 1 is 1.47 bits per heavy atom. The number of benzene rings is 1. The Balaban J connectivity index is 2.69. The van der Waals surface area contributed by atoms with Crippen LogP contribution in [0.1, 0.15) is 37.4 Å². The fourth-order valence-electron chi connectivity index (χ4n) is 1.50. The Morgan fingerprint density at radius 2 is 2.18 bits per heavy atom. The van der Waals surface area contributed by atoms with Crippen molar-refractivity contribution in [3.8, 4) is 0 Å². The molecule has 0 aromatic heterocycles. The van der Waals surface area contributed by atoms with E-state index >= 15 is 0 Å². The molecular weight excluding hydrogens is 235 g/mol. The van der Waals surface area contributed by atoms with E-state index in [1.165, 1.54) is 6.07 Å². The van der Waals surface area contributed by atoms with Gasteiger partial charge in [-0.1, -0.05) is 26.0 Å². The highest BCUT2D eigenvalue weighted by Gasteiger charge is 2.12. The van der Waals surface area contributed by atoms with Gasteiger partial charge in [0.25, 0.3) is 0 Å². The van der Waals surface area contributed by atoms with E-state index in [4.69, 9.17) is 5.84 Å². The fraction of sp³-hybridized carbons (Fsp3) is 0.538. The Hall–Kier alpha value is -0.580. The van der Waals surface area contributed by atoms with Crippen molar-refractivity contribution in [2.45, 2.75) is 38.5 Å². The molecule has 0 amide bonds. The average Bonchev–Trinajstić information content (AvgIpc) is 2.33. The highest BCUT2D eigenvalue weighted by Crippen LogP contribution is 2.23. The van der Waals surface area contributed by atoms with E-state index in [1.54, 1.807) is 13.0 Å². The molecule has 0 heterocycles. The standard InChI is InChI=1S/C13H21FN2S/c1-4-10(3)17-8-13(16-15)11-5-6-12(14)9(2)7-11/h5-7,10,13,16H,4,8,15H2,1-3H3. The number of hydrazine groups is 1. The van der Waals surface area contributed by atoms with Crippen LogP contribution in [0.3, 0.4) is 0 Å². The van der Waals surface area contributed by atoms with Gasteiger partial charge in [0.2, 0.25) is 0 Å². The molecule has 0 aliphatic heterocycles. The topological polar surface area (TPSA) is 38.0 Å². The van der Waals surface area contributed by atoms with Crippen molar-refractivity contribution in [3.63, 3.8) is 0 Å². The molecule has 4 heteroatoms. The van der Waals surface area contributed by atoms with Crippen molar-refractivity contribution in [2.75, 3.05) is 5.75 Å². The summed E-state index contributed by atoms with van der Waals surface area (Å²) in [7, 11) is 0. The normalized spacial score (nSPS) is 14.6. The van der Waals surface area contributed by atoms with Gasteiger partial charge in [-0.2, -0.15) is 11.8 Å². The molecule has 0 aliphatic rings. The molecule has 0 saturated heterocycles. The Morgan fingerprint density at radius 3 is 2.71 bits per heavy atom. The molecule has 0 radical (unpaired) electrons. The van der Waals surface area contributed by atoms with Gasteiger partial charge in [0.05, 0.1) is 6.04 Å². The van der Waals surface area contributed by atoms with Gasteiger partial charge >= 0.3 is 0 Å². The summed E-state index contributed by atoms with van der Waals surface area (Å²) in [5.41, 5.74) is 4.51. The summed E-state index contributed by atoms with van der Waals surface area (Å²) in [6, 6.07) is 5.23. The summed E-state index contributed by atoms with van der Waals surface area (Å²) in [5.74, 6) is 6.30. The number of thioether (sulfide) groups is 1. The second-order valence-corrected chi connectivity index (χ2v) is 5.75. The summed E-state index contributed by atoms with van der Waals surface area (Å²) in [6.07, 6.45) is 1.14. The molecule has 0 bridgehead atoms. The van der Waals surface area contributed by atoms with Crippen LogP contribution in [0.4, 0.5) is 4.39 Å². The lowest BCUT2D eigenvalue weighted by Crippen LogP contribution is -2.30.